The van der Waals surface area contributed by atoms with Crippen LogP contribution in [0.25, 0.3) is 27.6 Å². The van der Waals surface area contributed by atoms with E-state index >= 15 is 0 Å². The number of para-hydroxylation sites is 1. The molecule has 11 heteroatoms. The molecule has 4 aromatic rings. The summed E-state index contributed by atoms with van der Waals surface area (Å²) >= 11 is 2.37. The van der Waals surface area contributed by atoms with Crippen molar-refractivity contribution in [3.8, 4) is 10.6 Å². The molecule has 0 saturated carbocycles. The Morgan fingerprint density at radius 2 is 1.95 bits per heavy atom. The van der Waals surface area contributed by atoms with E-state index in [2.05, 4.69) is 37.6 Å². The highest BCUT2D eigenvalue weighted by Crippen LogP contribution is 2.32. The lowest BCUT2D eigenvalue weighted by Gasteiger charge is -2.32. The predicted octanol–water partition coefficient (Wildman–Crippen LogP) is 5.29. The summed E-state index contributed by atoms with van der Waals surface area (Å²) in [6.45, 7) is 4.85. The predicted molar refractivity (Wildman–Crippen MR) is 163 cm³/mol. The number of piperidine rings is 1. The third-order valence-corrected chi connectivity index (χ3v) is 9.22. The summed E-state index contributed by atoms with van der Waals surface area (Å²) < 4.78 is 0. The van der Waals surface area contributed by atoms with Crippen LogP contribution in [-0.2, 0) is 11.3 Å². The number of benzene rings is 1. The Balaban J connectivity index is 1.08. The molecule has 3 aromatic heterocycles. The first-order valence-corrected chi connectivity index (χ1v) is 15.1. The summed E-state index contributed by atoms with van der Waals surface area (Å²) in [5.41, 5.74) is 3.59. The normalized spacial score (nSPS) is 17.0. The van der Waals surface area contributed by atoms with Crippen LogP contribution in [0.1, 0.15) is 40.7 Å². The number of hydrogen-bond donors (Lipinski definition) is 2. The molecule has 2 amide bonds. The van der Waals surface area contributed by atoms with E-state index in [1.807, 2.05) is 30.3 Å². The van der Waals surface area contributed by atoms with Crippen LogP contribution in [0.3, 0.4) is 0 Å². The van der Waals surface area contributed by atoms with Gasteiger partial charge in [-0.1, -0.05) is 18.2 Å². The van der Waals surface area contributed by atoms with Gasteiger partial charge in [-0.25, -0.2) is 15.0 Å². The van der Waals surface area contributed by atoms with Crippen molar-refractivity contribution in [1.82, 2.24) is 25.6 Å². The van der Waals surface area contributed by atoms with Crippen LogP contribution in [-0.4, -0.2) is 51.5 Å². The van der Waals surface area contributed by atoms with E-state index in [9.17, 15) is 14.4 Å². The molecule has 0 atom stereocenters. The SMILES string of the molecule is CC(=O)c1ccc(-c2nc3ccccc3cc2CNCC2CCN(c3nccc(C=C4SC(=O)NC4=O)n3)CC2)s1. The Morgan fingerprint density at radius 1 is 1.12 bits per heavy atom. The molecule has 0 radical (unpaired) electrons. The zero-order valence-electron chi connectivity index (χ0n) is 22.4. The van der Waals surface area contributed by atoms with Crippen LogP contribution < -0.4 is 15.5 Å². The minimum absolute atomic E-state index is 0.0684. The summed E-state index contributed by atoms with van der Waals surface area (Å²) in [5.74, 6) is 0.826. The fourth-order valence-electron chi connectivity index (χ4n) is 5.06. The molecule has 0 unspecified atom stereocenters. The van der Waals surface area contributed by atoms with Gasteiger partial charge in [0.1, 0.15) is 0 Å². The summed E-state index contributed by atoms with van der Waals surface area (Å²) in [6, 6.07) is 15.9. The van der Waals surface area contributed by atoms with Crippen molar-refractivity contribution < 1.29 is 14.4 Å². The van der Waals surface area contributed by atoms with Gasteiger partial charge in [0, 0.05) is 31.2 Å². The summed E-state index contributed by atoms with van der Waals surface area (Å²) in [6.07, 6.45) is 5.32. The Bertz CT molecular complexity index is 1680. The van der Waals surface area contributed by atoms with Crippen molar-refractivity contribution in [2.75, 3.05) is 24.5 Å². The van der Waals surface area contributed by atoms with Crippen LogP contribution >= 0.6 is 23.1 Å². The first-order valence-electron chi connectivity index (χ1n) is 13.5. The highest BCUT2D eigenvalue weighted by Gasteiger charge is 2.26. The fourth-order valence-corrected chi connectivity index (χ4v) is 6.65. The minimum Gasteiger partial charge on any atom is -0.341 e. The van der Waals surface area contributed by atoms with Crippen LogP contribution in [0.4, 0.5) is 10.7 Å². The molecule has 0 spiro atoms. The zero-order chi connectivity index (χ0) is 28.3. The highest BCUT2D eigenvalue weighted by molar-refractivity contribution is 8.18. The number of amides is 2. The number of carbonyl (C=O) groups excluding carboxylic acids is 3. The molecule has 0 aliphatic carbocycles. The molecule has 208 valence electrons. The molecule has 2 fully saturated rings. The number of fused-ring (bicyclic) bond motifs is 1. The Kier molecular flexibility index (Phi) is 7.91. The standard InChI is InChI=1S/C30H28N6O3S2/c1-18(37)24-6-7-25(40-24)27-21(14-20-4-2-3-5-23(20)34-27)17-31-16-19-9-12-36(13-10-19)29-32-11-8-22(33-29)15-26-28(38)35-30(39)41-26/h2-8,11,14-15,19,31H,9-10,12-13,16-17H2,1H3,(H,35,38,39). The maximum atomic E-state index is 11.9. The molecular formula is C30H28N6O3S2. The van der Waals surface area contributed by atoms with Gasteiger partial charge in [-0.15, -0.1) is 11.3 Å². The third-order valence-electron chi connectivity index (χ3n) is 7.22. The summed E-state index contributed by atoms with van der Waals surface area (Å²) in [5, 5.41) is 6.65. The van der Waals surface area contributed by atoms with Gasteiger partial charge in [0.15, 0.2) is 5.78 Å². The van der Waals surface area contributed by atoms with Crippen LogP contribution in [0.5, 0.6) is 0 Å². The summed E-state index contributed by atoms with van der Waals surface area (Å²) in [7, 11) is 0. The molecule has 5 heterocycles. The van der Waals surface area contributed by atoms with Crippen LogP contribution in [0.15, 0.2) is 59.6 Å². The van der Waals surface area contributed by atoms with Crippen LogP contribution in [0, 0.1) is 5.92 Å². The van der Waals surface area contributed by atoms with E-state index in [0.29, 0.717) is 29.0 Å². The molecule has 6 rings (SSSR count). The molecule has 41 heavy (non-hydrogen) atoms. The van der Waals surface area contributed by atoms with Crippen molar-refractivity contribution in [1.29, 1.82) is 0 Å². The number of Topliss-reactive ketones (excluding diaryl/α,β-unsaturated/α-hetero) is 1. The number of aromatic nitrogens is 3. The maximum Gasteiger partial charge on any atom is 0.290 e. The van der Waals surface area contributed by atoms with Crippen molar-refractivity contribution in [3.63, 3.8) is 0 Å². The molecular weight excluding hydrogens is 557 g/mol. The van der Waals surface area contributed by atoms with Gasteiger partial charge in [0.25, 0.3) is 11.1 Å². The number of rotatable bonds is 8. The van der Waals surface area contributed by atoms with Gasteiger partial charge in [-0.3, -0.25) is 19.7 Å². The second kappa shape index (κ2) is 11.9. The molecule has 1 aromatic carbocycles. The highest BCUT2D eigenvalue weighted by atomic mass is 32.2. The van der Waals surface area contributed by atoms with Gasteiger partial charge in [0.05, 0.1) is 31.6 Å². The van der Waals surface area contributed by atoms with Gasteiger partial charge in [-0.05, 0) is 86.0 Å². The van der Waals surface area contributed by atoms with Crippen molar-refractivity contribution in [2.24, 2.45) is 5.92 Å². The molecule has 2 N–H and O–H groups in total. The Hall–Kier alpha value is -3.93. The topological polar surface area (TPSA) is 117 Å². The summed E-state index contributed by atoms with van der Waals surface area (Å²) in [4.78, 5) is 53.5. The number of thiophene rings is 1. The quantitative estimate of drug-likeness (QED) is 0.211. The number of nitrogens with zero attached hydrogens (tertiary/aromatic N) is 4. The average molecular weight is 585 g/mol. The second-order valence-corrected chi connectivity index (χ2v) is 12.2. The van der Waals surface area contributed by atoms with E-state index in [-0.39, 0.29) is 11.0 Å². The first kappa shape index (κ1) is 27.3. The van der Waals surface area contributed by atoms with Crippen molar-refractivity contribution >= 4 is 63.0 Å². The maximum absolute atomic E-state index is 11.9. The number of pyridine rings is 1. The van der Waals surface area contributed by atoms with Gasteiger partial charge < -0.3 is 10.2 Å². The fraction of sp³-hybridized carbons (Fsp3) is 0.267. The first-order chi connectivity index (χ1) is 19.9. The molecule has 9 nitrogen and oxygen atoms in total. The monoisotopic (exact) mass is 584 g/mol. The lowest BCUT2D eigenvalue weighted by molar-refractivity contribution is -0.115. The molecule has 2 aliphatic rings. The number of ketones is 1. The minimum atomic E-state index is -0.392. The van der Waals surface area contributed by atoms with Gasteiger partial charge in [-0.2, -0.15) is 0 Å². The smallest absolute Gasteiger partial charge is 0.290 e. The number of imide groups is 1. The number of anilines is 1. The van der Waals surface area contributed by atoms with E-state index in [4.69, 9.17) is 4.98 Å². The van der Waals surface area contributed by atoms with Crippen LogP contribution in [0.2, 0.25) is 0 Å². The number of carbonyl (C=O) groups is 3. The lowest BCUT2D eigenvalue weighted by Crippen LogP contribution is -2.38. The van der Waals surface area contributed by atoms with E-state index in [0.717, 1.165) is 76.2 Å². The van der Waals surface area contributed by atoms with E-state index in [1.165, 1.54) is 11.3 Å². The lowest BCUT2D eigenvalue weighted by atomic mass is 9.97. The van der Waals surface area contributed by atoms with E-state index in [1.54, 1.807) is 25.3 Å². The molecule has 2 aliphatic heterocycles. The average Bonchev–Trinajstić information content (AvgIpc) is 3.59. The zero-order valence-corrected chi connectivity index (χ0v) is 24.1. The molecule has 2 saturated heterocycles. The third kappa shape index (κ3) is 6.22. The second-order valence-electron chi connectivity index (χ2n) is 10.1. The number of hydrogen-bond acceptors (Lipinski definition) is 10. The Morgan fingerprint density at radius 3 is 2.71 bits per heavy atom. The van der Waals surface area contributed by atoms with Crippen molar-refractivity contribution in [3.05, 3.63) is 75.8 Å². The number of thioether (sulfide) groups is 1. The largest absolute Gasteiger partial charge is 0.341 e. The van der Waals surface area contributed by atoms with Gasteiger partial charge >= 0.3 is 0 Å². The van der Waals surface area contributed by atoms with Gasteiger partial charge in [0.2, 0.25) is 5.95 Å². The van der Waals surface area contributed by atoms with Crippen molar-refractivity contribution in [2.45, 2.75) is 26.3 Å². The van der Waals surface area contributed by atoms with E-state index < -0.39 is 5.91 Å². The molecule has 0 bridgehead atoms. The Labute approximate surface area is 245 Å². The number of nitrogens with one attached hydrogen (secondary N) is 2.